The van der Waals surface area contributed by atoms with Gasteiger partial charge in [0.15, 0.2) is 0 Å². The van der Waals surface area contributed by atoms with Crippen molar-refractivity contribution in [1.82, 2.24) is 20.1 Å². The molecule has 0 bridgehead atoms. The number of halogens is 3. The first-order valence-electron chi connectivity index (χ1n) is 11.3. The maximum atomic E-state index is 14.6. The third kappa shape index (κ3) is 4.02. The number of anilines is 2. The van der Waals surface area contributed by atoms with Crippen LogP contribution in [0.3, 0.4) is 0 Å². The van der Waals surface area contributed by atoms with Gasteiger partial charge < -0.3 is 10.2 Å². The molecule has 1 fully saturated rings. The summed E-state index contributed by atoms with van der Waals surface area (Å²) in [7, 11) is 0. The number of aryl methyl sites for hydroxylation is 2. The Balaban J connectivity index is 1.58. The highest BCUT2D eigenvalue weighted by Crippen LogP contribution is 2.42. The Kier molecular flexibility index (Phi) is 5.76. The molecule has 1 aromatic carbocycles. The van der Waals surface area contributed by atoms with E-state index < -0.39 is 17.8 Å². The van der Waals surface area contributed by atoms with Crippen molar-refractivity contribution in [2.75, 3.05) is 42.9 Å². The molecule has 2 aliphatic rings. The van der Waals surface area contributed by atoms with Gasteiger partial charge in [-0.15, -0.1) is 0 Å². The number of pyridine rings is 1. The minimum atomic E-state index is -0.861. The van der Waals surface area contributed by atoms with Gasteiger partial charge in [-0.05, 0) is 39.0 Å². The van der Waals surface area contributed by atoms with E-state index >= 15 is 0 Å². The summed E-state index contributed by atoms with van der Waals surface area (Å²) >= 11 is 0. The molecule has 178 valence electrons. The second kappa shape index (κ2) is 8.75. The lowest BCUT2D eigenvalue weighted by Crippen LogP contribution is -2.48. The van der Waals surface area contributed by atoms with Crippen molar-refractivity contribution in [3.63, 3.8) is 0 Å². The molecule has 2 aliphatic heterocycles. The van der Waals surface area contributed by atoms with Crippen LogP contribution < -0.4 is 10.2 Å². The molecule has 1 saturated heterocycles. The lowest BCUT2D eigenvalue weighted by molar-refractivity contribution is 0.193. The number of aromatic nitrogens is 3. The highest BCUT2D eigenvalue weighted by Gasteiger charge is 2.28. The van der Waals surface area contributed by atoms with Crippen molar-refractivity contribution < 1.29 is 13.2 Å². The van der Waals surface area contributed by atoms with Crippen LogP contribution >= 0.6 is 0 Å². The molecule has 5 rings (SSSR count). The van der Waals surface area contributed by atoms with Crippen molar-refractivity contribution in [2.24, 2.45) is 4.99 Å². The Morgan fingerprint density at radius 2 is 1.79 bits per heavy atom. The van der Waals surface area contributed by atoms with Crippen molar-refractivity contribution >= 4 is 23.0 Å². The van der Waals surface area contributed by atoms with Crippen LogP contribution in [-0.4, -0.2) is 64.8 Å². The number of aromatic amines is 1. The predicted octanol–water partition coefficient (Wildman–Crippen LogP) is 4.35. The molecule has 4 heterocycles. The number of aliphatic imine (C=N–C) groups is 1. The van der Waals surface area contributed by atoms with E-state index in [1.165, 1.54) is 18.2 Å². The number of H-pyrrole nitrogens is 1. The summed E-state index contributed by atoms with van der Waals surface area (Å²) in [5, 5.41) is 10.5. The van der Waals surface area contributed by atoms with Gasteiger partial charge in [0, 0.05) is 38.3 Å². The first-order valence-corrected chi connectivity index (χ1v) is 11.3. The molecule has 7 nitrogen and oxygen atoms in total. The molecule has 2 aromatic heterocycles. The Morgan fingerprint density at radius 3 is 2.47 bits per heavy atom. The molecule has 1 unspecified atom stereocenters. The maximum absolute atomic E-state index is 14.6. The van der Waals surface area contributed by atoms with Gasteiger partial charge in [-0.1, -0.05) is 6.07 Å². The minimum absolute atomic E-state index is 0.0618. The maximum Gasteiger partial charge on any atom is 0.144 e. The second-order valence-corrected chi connectivity index (χ2v) is 8.78. The van der Waals surface area contributed by atoms with Gasteiger partial charge in [-0.2, -0.15) is 5.10 Å². The van der Waals surface area contributed by atoms with Crippen LogP contribution in [0, 0.1) is 25.5 Å². The number of alkyl halides is 1. The average Bonchev–Trinajstić information content (AvgIpc) is 3.05. The van der Waals surface area contributed by atoms with Gasteiger partial charge in [-0.25, -0.2) is 23.1 Å². The molecule has 0 amide bonds. The van der Waals surface area contributed by atoms with Crippen molar-refractivity contribution in [3.8, 4) is 11.3 Å². The molecule has 0 radical (unpaired) electrons. The number of fused-ring (bicyclic) bond motifs is 3. The molecular weight excluding hydrogens is 443 g/mol. The number of piperazine rings is 1. The zero-order valence-electron chi connectivity index (χ0n) is 19.3. The molecule has 2 N–H and O–H groups in total. The van der Waals surface area contributed by atoms with Crippen LogP contribution in [-0.2, 0) is 0 Å². The van der Waals surface area contributed by atoms with Crippen LogP contribution in [0.25, 0.3) is 11.3 Å². The lowest BCUT2D eigenvalue weighted by Gasteiger charge is -2.36. The van der Waals surface area contributed by atoms with E-state index in [0.29, 0.717) is 29.3 Å². The van der Waals surface area contributed by atoms with E-state index in [-0.39, 0.29) is 11.4 Å². The van der Waals surface area contributed by atoms with Gasteiger partial charge in [0.25, 0.3) is 0 Å². The van der Waals surface area contributed by atoms with Crippen molar-refractivity contribution in [1.29, 1.82) is 0 Å². The van der Waals surface area contributed by atoms with Crippen LogP contribution in [0.15, 0.2) is 29.3 Å². The van der Waals surface area contributed by atoms with E-state index in [9.17, 15) is 13.2 Å². The molecule has 3 aromatic rings. The molecule has 0 spiro atoms. The lowest BCUT2D eigenvalue weighted by atomic mass is 10.1. The zero-order chi connectivity index (χ0) is 24.0. The predicted molar refractivity (Wildman–Crippen MR) is 127 cm³/mol. The second-order valence-electron chi connectivity index (χ2n) is 8.78. The Bertz CT molecular complexity index is 1240. The van der Waals surface area contributed by atoms with E-state index in [1.54, 1.807) is 6.92 Å². The van der Waals surface area contributed by atoms with E-state index in [0.717, 1.165) is 43.3 Å². The smallest absolute Gasteiger partial charge is 0.144 e. The standard InChI is InChI=1S/C24H26F3N7/c1-13(25)12-33-7-9-34(10-8-33)19-11-16-21(14(2)28-19)29-24(20-17(26)5-4-6-18(20)27)30-22-15(3)31-32-23(16)22/h4-6,11,13H,7-10,12H2,1-3H3,(H,29,30)(H,31,32). The summed E-state index contributed by atoms with van der Waals surface area (Å²) in [6.45, 7) is 8.59. The summed E-state index contributed by atoms with van der Waals surface area (Å²) < 4.78 is 42.7. The van der Waals surface area contributed by atoms with Gasteiger partial charge in [0.1, 0.15) is 35.2 Å². The third-order valence-corrected chi connectivity index (χ3v) is 6.23. The molecule has 0 saturated carbocycles. The molecule has 1 atom stereocenters. The highest BCUT2D eigenvalue weighted by molar-refractivity contribution is 6.14. The largest absolute Gasteiger partial charge is 0.354 e. The first-order chi connectivity index (χ1) is 16.3. The fourth-order valence-corrected chi connectivity index (χ4v) is 4.53. The van der Waals surface area contributed by atoms with E-state index in [4.69, 9.17) is 4.98 Å². The van der Waals surface area contributed by atoms with Gasteiger partial charge in [0.2, 0.25) is 0 Å². The molecule has 34 heavy (non-hydrogen) atoms. The normalized spacial score (nSPS) is 16.9. The average molecular weight is 470 g/mol. The molecule has 10 heteroatoms. The van der Waals surface area contributed by atoms with Gasteiger partial charge in [-0.3, -0.25) is 10.00 Å². The molecular formula is C24H26F3N7. The number of hydrogen-bond donors (Lipinski definition) is 2. The van der Waals surface area contributed by atoms with Crippen molar-refractivity contribution in [2.45, 2.75) is 26.9 Å². The van der Waals surface area contributed by atoms with Gasteiger partial charge >= 0.3 is 0 Å². The number of nitrogens with one attached hydrogen (secondary N) is 2. The summed E-state index contributed by atoms with van der Waals surface area (Å²) in [5.41, 5.74) is 3.56. The van der Waals surface area contributed by atoms with E-state index in [1.807, 2.05) is 19.9 Å². The van der Waals surface area contributed by atoms with Gasteiger partial charge in [0.05, 0.1) is 28.3 Å². The molecule has 0 aliphatic carbocycles. The summed E-state index contributed by atoms with van der Waals surface area (Å²) in [4.78, 5) is 13.7. The van der Waals surface area contributed by atoms with Crippen LogP contribution in [0.5, 0.6) is 0 Å². The monoisotopic (exact) mass is 469 g/mol. The van der Waals surface area contributed by atoms with Crippen LogP contribution in [0.2, 0.25) is 0 Å². The minimum Gasteiger partial charge on any atom is -0.354 e. The number of rotatable bonds is 4. The summed E-state index contributed by atoms with van der Waals surface area (Å²) in [5.74, 6) is -0.585. The van der Waals surface area contributed by atoms with Crippen molar-refractivity contribution in [3.05, 3.63) is 52.9 Å². The number of benzene rings is 1. The fourth-order valence-electron chi connectivity index (χ4n) is 4.53. The zero-order valence-corrected chi connectivity index (χ0v) is 19.3. The topological polar surface area (TPSA) is 72.4 Å². The number of nitrogens with zero attached hydrogens (tertiary/aromatic N) is 5. The SMILES string of the molecule is Cc1nc(N2CCN(CC(C)F)CC2)cc2c1N=C(c1c(F)cccc1F)Nc1c-2n[nH]c1C. The third-order valence-electron chi connectivity index (χ3n) is 6.23. The van der Waals surface area contributed by atoms with Crippen LogP contribution in [0.4, 0.5) is 30.4 Å². The summed E-state index contributed by atoms with van der Waals surface area (Å²) in [6, 6.07) is 5.64. The highest BCUT2D eigenvalue weighted by atomic mass is 19.1. The van der Waals surface area contributed by atoms with E-state index in [2.05, 4.69) is 30.3 Å². The Labute approximate surface area is 195 Å². The quantitative estimate of drug-likeness (QED) is 0.595. The summed E-state index contributed by atoms with van der Waals surface area (Å²) in [6.07, 6.45) is -0.861. The van der Waals surface area contributed by atoms with Crippen LogP contribution in [0.1, 0.15) is 23.9 Å². The fraction of sp³-hybridized carbons (Fsp3) is 0.375. The number of hydrogen-bond acceptors (Lipinski definition) is 6. The Morgan fingerprint density at radius 1 is 1.09 bits per heavy atom. The Hall–Kier alpha value is -3.40. The number of amidine groups is 1. The first kappa shape index (κ1) is 22.4.